The predicted octanol–water partition coefficient (Wildman–Crippen LogP) is 2.04. The summed E-state index contributed by atoms with van der Waals surface area (Å²) in [6.45, 7) is 1.50. The third-order valence-corrected chi connectivity index (χ3v) is 2.66. The van der Waals surface area contributed by atoms with Crippen molar-refractivity contribution in [3.05, 3.63) is 67.1 Å². The predicted molar refractivity (Wildman–Crippen MR) is 95.7 cm³/mol. The molecule has 0 spiro atoms. The Morgan fingerprint density at radius 1 is 0.607 bits per heavy atom. The van der Waals surface area contributed by atoms with Crippen LogP contribution < -0.4 is 0 Å². The number of hydrogen-bond donors (Lipinski definition) is 3. The molecule has 3 rings (SSSR count). The van der Waals surface area contributed by atoms with E-state index in [1.807, 2.05) is 48.5 Å². The Morgan fingerprint density at radius 3 is 1.46 bits per heavy atom. The van der Waals surface area contributed by atoms with E-state index >= 15 is 0 Å². The zero-order valence-corrected chi connectivity index (χ0v) is 15.9. The summed E-state index contributed by atoms with van der Waals surface area (Å²) in [6, 6.07) is 15.6. The first-order valence-corrected chi connectivity index (χ1v) is 7.01. The summed E-state index contributed by atoms with van der Waals surface area (Å²) < 4.78 is 0. The van der Waals surface area contributed by atoms with E-state index in [0.29, 0.717) is 19.4 Å². The summed E-state index contributed by atoms with van der Waals surface area (Å²) in [4.78, 5) is 37.8. The second kappa shape index (κ2) is 18.3. The summed E-state index contributed by atoms with van der Waals surface area (Å²) in [6.07, 6.45) is 5.33. The van der Waals surface area contributed by atoms with Crippen LogP contribution >= 0.6 is 0 Å². The van der Waals surface area contributed by atoms with Gasteiger partial charge >= 0.3 is 19.5 Å². The Kier molecular flexibility index (Phi) is 17.4. The van der Waals surface area contributed by atoms with Crippen LogP contribution in [0.5, 0.6) is 0 Å². The second-order valence-corrected chi connectivity index (χ2v) is 4.10. The van der Waals surface area contributed by atoms with Crippen molar-refractivity contribution in [3.8, 4) is 22.6 Å². The fraction of sp³-hybridized carbons (Fsp3) is 0. The van der Waals surface area contributed by atoms with Gasteiger partial charge < -0.3 is 29.7 Å². The van der Waals surface area contributed by atoms with Gasteiger partial charge in [0, 0.05) is 24.2 Å². The van der Waals surface area contributed by atoms with Gasteiger partial charge in [0.05, 0.1) is 17.1 Å². The zero-order chi connectivity index (χ0) is 20.3. The molecule has 0 aliphatic carbocycles. The van der Waals surface area contributed by atoms with Crippen molar-refractivity contribution in [3.63, 3.8) is 0 Å². The fourth-order valence-electron chi connectivity index (χ4n) is 1.84. The molecule has 0 aromatic carbocycles. The third-order valence-electron chi connectivity index (χ3n) is 2.66. The van der Waals surface area contributed by atoms with Crippen LogP contribution in [0.15, 0.2) is 67.1 Å². The van der Waals surface area contributed by atoms with E-state index < -0.39 is 0 Å². The Labute approximate surface area is 173 Å². The number of aliphatic hydroxyl groups excluding tert-OH is 3. The first-order valence-electron chi connectivity index (χ1n) is 7.01. The van der Waals surface area contributed by atoms with Crippen molar-refractivity contribution in [1.82, 2.24) is 15.0 Å². The molecule has 0 amide bonds. The fourth-order valence-corrected chi connectivity index (χ4v) is 1.84. The Morgan fingerprint density at radius 2 is 1.04 bits per heavy atom. The third kappa shape index (κ3) is 10.5. The molecule has 0 saturated heterocycles. The van der Waals surface area contributed by atoms with Gasteiger partial charge in [-0.15, -0.1) is 0 Å². The molecule has 1 radical (unpaired) electrons. The molecule has 0 fully saturated rings. The molecule has 28 heavy (non-hydrogen) atoms. The largest absolute Gasteiger partial charge is 3.00 e. The second-order valence-electron chi connectivity index (χ2n) is 4.10. The van der Waals surface area contributed by atoms with Gasteiger partial charge in [0.25, 0.3) is 0 Å². The van der Waals surface area contributed by atoms with Crippen molar-refractivity contribution in [2.24, 2.45) is 0 Å². The molecule has 0 saturated carbocycles. The van der Waals surface area contributed by atoms with Gasteiger partial charge in [-0.1, -0.05) is 31.5 Å². The van der Waals surface area contributed by atoms with Gasteiger partial charge in [-0.2, -0.15) is 0 Å². The smallest absolute Gasteiger partial charge is 0.665 e. The van der Waals surface area contributed by atoms with Crippen LogP contribution in [0, 0.1) is 0 Å². The number of nitrogens with zero attached hydrogens (tertiary/aromatic N) is 3. The molecule has 0 aliphatic heterocycles. The van der Waals surface area contributed by atoms with Crippen LogP contribution in [0.1, 0.15) is 0 Å². The molecule has 10 heteroatoms. The van der Waals surface area contributed by atoms with Crippen LogP contribution in [0.4, 0.5) is 0 Å². The van der Waals surface area contributed by atoms with Crippen molar-refractivity contribution in [2.45, 2.75) is 0 Å². The SMILES string of the molecule is O=[C-]O.O=[C-]O.O=[C-]O.[Ru+3].c1ccc(-c2cccnc2-c2ccccn2)nc1. The van der Waals surface area contributed by atoms with E-state index in [-0.39, 0.29) is 19.5 Å². The maximum absolute atomic E-state index is 8.24. The van der Waals surface area contributed by atoms with E-state index in [1.165, 1.54) is 0 Å². The van der Waals surface area contributed by atoms with Gasteiger partial charge in [0.1, 0.15) is 0 Å². The summed E-state index contributed by atoms with van der Waals surface area (Å²) >= 11 is 0. The Bertz CT molecular complexity index is 719. The Balaban J connectivity index is 0. The molecule has 0 unspecified atom stereocenters. The van der Waals surface area contributed by atoms with Crippen LogP contribution in [0.3, 0.4) is 0 Å². The average molecular weight is 469 g/mol. The molecule has 0 aliphatic rings. The van der Waals surface area contributed by atoms with Crippen molar-refractivity contribution >= 4 is 19.4 Å². The molecule has 3 N–H and O–H groups in total. The number of pyridine rings is 3. The number of aromatic nitrogens is 3. The van der Waals surface area contributed by atoms with Crippen molar-refractivity contribution in [2.75, 3.05) is 0 Å². The molecule has 3 aromatic heterocycles. The molecular formula is C18H14N3O6Ru. The zero-order valence-electron chi connectivity index (χ0n) is 14.1. The van der Waals surface area contributed by atoms with Gasteiger partial charge in [-0.05, 0) is 36.4 Å². The maximum Gasteiger partial charge on any atom is 3.00 e. The van der Waals surface area contributed by atoms with Gasteiger partial charge in [-0.3, -0.25) is 15.0 Å². The molecule has 3 heterocycles. The number of hydrogen-bond acceptors (Lipinski definition) is 6. The van der Waals surface area contributed by atoms with Gasteiger partial charge in [0.15, 0.2) is 0 Å². The summed E-state index contributed by atoms with van der Waals surface area (Å²) in [5.41, 5.74) is 3.62. The minimum absolute atomic E-state index is 0. The van der Waals surface area contributed by atoms with Gasteiger partial charge in [-0.25, -0.2) is 0 Å². The summed E-state index contributed by atoms with van der Waals surface area (Å²) in [7, 11) is 0. The van der Waals surface area contributed by atoms with Crippen LogP contribution in [0.2, 0.25) is 0 Å². The van der Waals surface area contributed by atoms with E-state index in [2.05, 4.69) is 15.0 Å². The quantitative estimate of drug-likeness (QED) is 0.378. The molecule has 0 atom stereocenters. The van der Waals surface area contributed by atoms with Crippen molar-refractivity contribution in [1.29, 1.82) is 0 Å². The minimum Gasteiger partial charge on any atom is -0.665 e. The average Bonchev–Trinajstić information content (AvgIpc) is 2.71. The van der Waals surface area contributed by atoms with E-state index in [0.717, 1.165) is 22.6 Å². The molecule has 9 nitrogen and oxygen atoms in total. The van der Waals surface area contributed by atoms with E-state index in [4.69, 9.17) is 29.7 Å². The summed E-state index contributed by atoms with van der Waals surface area (Å²) in [5.74, 6) is 0. The van der Waals surface area contributed by atoms with Crippen LogP contribution in [-0.2, 0) is 33.9 Å². The molecule has 145 valence electrons. The van der Waals surface area contributed by atoms with Gasteiger partial charge in [0.2, 0.25) is 0 Å². The molecule has 0 bridgehead atoms. The van der Waals surface area contributed by atoms with Crippen LogP contribution in [0.25, 0.3) is 22.6 Å². The molecular weight excluding hydrogens is 455 g/mol. The standard InChI is InChI=1S/C15H11N3.3CHO2.Ru/c1-3-9-16-13(7-1)12-6-5-11-18-15(12)14-8-2-4-10-17-14;3*2-1-3;/h1-11H;3*(H,2,3);/q;3*-1;+3. The normalized spacial score (nSPS) is 7.86. The topological polar surface area (TPSA) is 151 Å². The van der Waals surface area contributed by atoms with E-state index in [1.54, 1.807) is 18.6 Å². The number of rotatable bonds is 2. The maximum atomic E-state index is 8.24. The van der Waals surface area contributed by atoms with E-state index in [9.17, 15) is 0 Å². The first-order chi connectivity index (χ1) is 13.2. The molecule has 3 aromatic rings. The van der Waals surface area contributed by atoms with Crippen molar-refractivity contribution < 1.29 is 49.2 Å². The van der Waals surface area contributed by atoms with Crippen LogP contribution in [-0.4, -0.2) is 49.7 Å². The summed E-state index contributed by atoms with van der Waals surface area (Å²) in [5, 5.41) is 20.3. The minimum atomic E-state index is 0. The Hall–Kier alpha value is -3.52. The monoisotopic (exact) mass is 470 g/mol. The first kappa shape index (κ1) is 26.7.